The largest absolute Gasteiger partial charge is 0.389 e. The lowest BCUT2D eigenvalue weighted by molar-refractivity contribution is 0.0474. The number of rotatable bonds is 4. The SMILES string of the molecule is Cn1cc(CNCC2(O)CCCC2)c(=O)n(C)c1=O. The van der Waals surface area contributed by atoms with Crippen LogP contribution in [-0.4, -0.2) is 26.4 Å². The first kappa shape index (κ1) is 14.0. The quantitative estimate of drug-likeness (QED) is 0.769. The number of hydrogen-bond donors (Lipinski definition) is 2. The Morgan fingerprint density at radius 2 is 1.95 bits per heavy atom. The van der Waals surface area contributed by atoms with Crippen molar-refractivity contribution in [1.29, 1.82) is 0 Å². The van der Waals surface area contributed by atoms with Crippen molar-refractivity contribution in [2.24, 2.45) is 14.1 Å². The Hall–Kier alpha value is -1.40. The van der Waals surface area contributed by atoms with Gasteiger partial charge in [-0.2, -0.15) is 0 Å². The van der Waals surface area contributed by atoms with Gasteiger partial charge in [0.15, 0.2) is 0 Å². The number of nitrogens with zero attached hydrogens (tertiary/aromatic N) is 2. The number of hydrogen-bond acceptors (Lipinski definition) is 4. The van der Waals surface area contributed by atoms with E-state index in [0.717, 1.165) is 30.3 Å². The van der Waals surface area contributed by atoms with Crippen LogP contribution in [0.15, 0.2) is 15.8 Å². The molecule has 19 heavy (non-hydrogen) atoms. The van der Waals surface area contributed by atoms with Gasteiger partial charge in [0, 0.05) is 38.9 Å². The molecule has 2 rings (SSSR count). The van der Waals surface area contributed by atoms with Crippen molar-refractivity contribution in [3.8, 4) is 0 Å². The van der Waals surface area contributed by atoms with Gasteiger partial charge in [0.05, 0.1) is 5.60 Å². The van der Waals surface area contributed by atoms with Crippen LogP contribution in [-0.2, 0) is 20.6 Å². The van der Waals surface area contributed by atoms with Gasteiger partial charge in [-0.1, -0.05) is 12.8 Å². The summed E-state index contributed by atoms with van der Waals surface area (Å²) in [6, 6.07) is 0. The minimum absolute atomic E-state index is 0.283. The average Bonchev–Trinajstić information content (AvgIpc) is 2.80. The van der Waals surface area contributed by atoms with E-state index in [9.17, 15) is 14.7 Å². The number of aromatic nitrogens is 2. The molecule has 106 valence electrons. The van der Waals surface area contributed by atoms with E-state index in [1.165, 1.54) is 11.6 Å². The van der Waals surface area contributed by atoms with Gasteiger partial charge in [-0.05, 0) is 12.8 Å². The molecule has 1 aliphatic carbocycles. The summed E-state index contributed by atoms with van der Waals surface area (Å²) in [4.78, 5) is 23.4. The second-order valence-electron chi connectivity index (χ2n) is 5.45. The Kier molecular flexibility index (Phi) is 3.91. The molecule has 2 N–H and O–H groups in total. The van der Waals surface area contributed by atoms with Crippen LogP contribution in [0.25, 0.3) is 0 Å². The maximum absolute atomic E-state index is 11.9. The summed E-state index contributed by atoms with van der Waals surface area (Å²) >= 11 is 0. The molecule has 0 bridgehead atoms. The predicted octanol–water partition coefficient (Wildman–Crippen LogP) is -0.521. The Morgan fingerprint density at radius 1 is 1.32 bits per heavy atom. The summed E-state index contributed by atoms with van der Waals surface area (Å²) < 4.78 is 2.49. The predicted molar refractivity (Wildman–Crippen MR) is 72.0 cm³/mol. The zero-order valence-electron chi connectivity index (χ0n) is 11.5. The molecule has 0 unspecified atom stereocenters. The molecule has 0 spiro atoms. The maximum atomic E-state index is 11.9. The molecule has 1 heterocycles. The van der Waals surface area contributed by atoms with Crippen molar-refractivity contribution in [2.75, 3.05) is 6.54 Å². The van der Waals surface area contributed by atoms with Crippen LogP contribution in [0.1, 0.15) is 31.2 Å². The van der Waals surface area contributed by atoms with Gasteiger partial charge in [-0.15, -0.1) is 0 Å². The summed E-state index contributed by atoms with van der Waals surface area (Å²) in [5, 5.41) is 13.3. The summed E-state index contributed by atoms with van der Waals surface area (Å²) in [5.74, 6) is 0. The highest BCUT2D eigenvalue weighted by Gasteiger charge is 2.30. The van der Waals surface area contributed by atoms with Gasteiger partial charge < -0.3 is 15.0 Å². The van der Waals surface area contributed by atoms with Crippen LogP contribution in [0.5, 0.6) is 0 Å². The smallest absolute Gasteiger partial charge is 0.330 e. The lowest BCUT2D eigenvalue weighted by atomic mass is 10.0. The highest BCUT2D eigenvalue weighted by molar-refractivity contribution is 5.05. The molecule has 1 aromatic rings. The first-order valence-electron chi connectivity index (χ1n) is 6.62. The first-order chi connectivity index (χ1) is 8.93. The molecule has 1 aromatic heterocycles. The lowest BCUT2D eigenvalue weighted by Crippen LogP contribution is -2.42. The zero-order valence-corrected chi connectivity index (χ0v) is 11.5. The standard InChI is InChI=1S/C13H21N3O3/c1-15-8-10(11(17)16(2)12(15)18)7-14-9-13(19)5-3-4-6-13/h8,14,19H,3-7,9H2,1-2H3. The van der Waals surface area contributed by atoms with E-state index < -0.39 is 5.60 Å². The molecule has 1 fully saturated rings. The van der Waals surface area contributed by atoms with Gasteiger partial charge in [-0.25, -0.2) is 4.79 Å². The van der Waals surface area contributed by atoms with E-state index in [2.05, 4.69) is 5.32 Å². The molecular weight excluding hydrogens is 246 g/mol. The summed E-state index contributed by atoms with van der Waals surface area (Å²) in [7, 11) is 3.09. The molecule has 1 saturated carbocycles. The molecular formula is C13H21N3O3. The van der Waals surface area contributed by atoms with Gasteiger partial charge in [0.1, 0.15) is 0 Å². The molecule has 6 heteroatoms. The van der Waals surface area contributed by atoms with Crippen molar-refractivity contribution >= 4 is 0 Å². The molecule has 0 atom stereocenters. The Balaban J connectivity index is 2.04. The van der Waals surface area contributed by atoms with E-state index in [0.29, 0.717) is 18.7 Å². The van der Waals surface area contributed by atoms with E-state index in [1.54, 1.807) is 13.2 Å². The van der Waals surface area contributed by atoms with Gasteiger partial charge >= 0.3 is 5.69 Å². The normalized spacial score (nSPS) is 17.8. The zero-order chi connectivity index (χ0) is 14.0. The third kappa shape index (κ3) is 2.96. The van der Waals surface area contributed by atoms with Crippen molar-refractivity contribution in [1.82, 2.24) is 14.5 Å². The Bertz CT molecular complexity index is 567. The fourth-order valence-electron chi connectivity index (χ4n) is 2.64. The molecule has 0 radical (unpaired) electrons. The third-order valence-corrected chi connectivity index (χ3v) is 3.82. The summed E-state index contributed by atoms with van der Waals surface area (Å²) in [5.41, 5.74) is -0.713. The topological polar surface area (TPSA) is 76.3 Å². The molecule has 0 aliphatic heterocycles. The Morgan fingerprint density at radius 3 is 2.58 bits per heavy atom. The summed E-state index contributed by atoms with van der Waals surface area (Å²) in [6.45, 7) is 0.849. The fraction of sp³-hybridized carbons (Fsp3) is 0.692. The van der Waals surface area contributed by atoms with E-state index >= 15 is 0 Å². The van der Waals surface area contributed by atoms with Gasteiger partial charge in [0.25, 0.3) is 5.56 Å². The highest BCUT2D eigenvalue weighted by atomic mass is 16.3. The van der Waals surface area contributed by atoms with Crippen molar-refractivity contribution < 1.29 is 5.11 Å². The minimum atomic E-state index is -0.633. The van der Waals surface area contributed by atoms with Crippen LogP contribution in [0.3, 0.4) is 0 Å². The Labute approximate surface area is 111 Å². The second kappa shape index (κ2) is 5.30. The van der Waals surface area contributed by atoms with Crippen molar-refractivity contribution in [2.45, 2.75) is 37.8 Å². The monoisotopic (exact) mass is 267 g/mol. The fourth-order valence-corrected chi connectivity index (χ4v) is 2.64. The highest BCUT2D eigenvalue weighted by Crippen LogP contribution is 2.28. The van der Waals surface area contributed by atoms with Crippen LogP contribution < -0.4 is 16.6 Å². The van der Waals surface area contributed by atoms with E-state index in [-0.39, 0.29) is 11.2 Å². The lowest BCUT2D eigenvalue weighted by Gasteiger charge is -2.22. The molecule has 0 amide bonds. The summed E-state index contributed by atoms with van der Waals surface area (Å²) in [6.07, 6.45) is 5.28. The maximum Gasteiger partial charge on any atom is 0.330 e. The van der Waals surface area contributed by atoms with Gasteiger partial charge in [-0.3, -0.25) is 9.36 Å². The van der Waals surface area contributed by atoms with Crippen molar-refractivity contribution in [3.63, 3.8) is 0 Å². The minimum Gasteiger partial charge on any atom is -0.389 e. The molecule has 0 aromatic carbocycles. The van der Waals surface area contributed by atoms with Crippen LogP contribution in [0, 0.1) is 0 Å². The second-order valence-corrected chi connectivity index (χ2v) is 5.45. The first-order valence-corrected chi connectivity index (χ1v) is 6.62. The van der Waals surface area contributed by atoms with Gasteiger partial charge in [0.2, 0.25) is 0 Å². The van der Waals surface area contributed by atoms with Crippen molar-refractivity contribution in [3.05, 3.63) is 32.6 Å². The number of aliphatic hydroxyl groups is 1. The van der Waals surface area contributed by atoms with Crippen LogP contribution >= 0.6 is 0 Å². The number of nitrogens with one attached hydrogen (secondary N) is 1. The average molecular weight is 267 g/mol. The van der Waals surface area contributed by atoms with E-state index in [1.807, 2.05) is 0 Å². The van der Waals surface area contributed by atoms with Crippen LogP contribution in [0.2, 0.25) is 0 Å². The molecule has 6 nitrogen and oxygen atoms in total. The molecule has 0 saturated heterocycles. The number of aryl methyl sites for hydroxylation is 1. The van der Waals surface area contributed by atoms with E-state index in [4.69, 9.17) is 0 Å². The third-order valence-electron chi connectivity index (χ3n) is 3.82. The van der Waals surface area contributed by atoms with Crippen LogP contribution in [0.4, 0.5) is 0 Å². The molecule has 1 aliphatic rings.